The average Bonchev–Trinajstić information content (AvgIpc) is 2.29. The number of hydrogen-bond acceptors (Lipinski definition) is 2. The van der Waals surface area contributed by atoms with Gasteiger partial charge in [-0.2, -0.15) is 5.10 Å². The van der Waals surface area contributed by atoms with Crippen molar-refractivity contribution in [2.24, 2.45) is 22.4 Å². The van der Waals surface area contributed by atoms with Gasteiger partial charge in [-0.05, 0) is 42.6 Å². The Bertz CT molecular complexity index is 371. The predicted molar refractivity (Wildman–Crippen MR) is 68.8 cm³/mol. The lowest BCUT2D eigenvalue weighted by molar-refractivity contribution is -0.00126. The maximum absolute atomic E-state index is 11.1. The van der Waals surface area contributed by atoms with Crippen molar-refractivity contribution in [2.45, 2.75) is 33.6 Å². The van der Waals surface area contributed by atoms with Crippen molar-refractivity contribution in [3.63, 3.8) is 0 Å². The molecule has 2 atom stereocenters. The highest BCUT2D eigenvalue weighted by molar-refractivity contribution is 5.82. The first-order chi connectivity index (χ1) is 8.05. The lowest BCUT2D eigenvalue weighted by Gasteiger charge is -2.55. The fourth-order valence-electron chi connectivity index (χ4n) is 2.91. The third-order valence-corrected chi connectivity index (χ3v) is 4.23. The van der Waals surface area contributed by atoms with Gasteiger partial charge in [-0.1, -0.05) is 19.9 Å². The number of nitrogens with one attached hydrogen (secondary N) is 2. The van der Waals surface area contributed by atoms with Crippen LogP contribution in [0.25, 0.3) is 0 Å². The predicted octanol–water partition coefficient (Wildman–Crippen LogP) is 2.28. The van der Waals surface area contributed by atoms with Gasteiger partial charge in [-0.25, -0.2) is 10.2 Å². The molecule has 4 heteroatoms. The molecule has 3 rings (SSSR count). The van der Waals surface area contributed by atoms with Crippen molar-refractivity contribution in [3.8, 4) is 0 Å². The van der Waals surface area contributed by atoms with Gasteiger partial charge in [0, 0.05) is 6.54 Å². The van der Waals surface area contributed by atoms with E-state index in [0.717, 1.165) is 12.3 Å². The van der Waals surface area contributed by atoms with Crippen LogP contribution in [0.2, 0.25) is 0 Å². The van der Waals surface area contributed by atoms with Gasteiger partial charge in [-0.15, -0.1) is 0 Å². The average molecular weight is 235 g/mol. The van der Waals surface area contributed by atoms with Crippen molar-refractivity contribution in [1.82, 2.24) is 10.7 Å². The number of urea groups is 1. The summed E-state index contributed by atoms with van der Waals surface area (Å²) in [7, 11) is 0. The van der Waals surface area contributed by atoms with Gasteiger partial charge in [-0.3, -0.25) is 0 Å². The van der Waals surface area contributed by atoms with E-state index in [-0.39, 0.29) is 6.03 Å². The first-order valence-electron chi connectivity index (χ1n) is 6.32. The lowest BCUT2D eigenvalue weighted by atomic mass is 9.49. The van der Waals surface area contributed by atoms with Gasteiger partial charge in [0.15, 0.2) is 0 Å². The fraction of sp³-hybridized carbons (Fsp3) is 0.692. The standard InChI is InChI=1S/C13H21N3O/c1-4-14-12(17)16-15-8-9-5-6-10-7-11(9)13(10,2)3/h5,8,10-11H,4,6-7H2,1-3H3,(H2,14,16,17)/b15-8+. The first kappa shape index (κ1) is 12.1. The number of hydrazone groups is 1. The second kappa shape index (κ2) is 4.51. The zero-order valence-electron chi connectivity index (χ0n) is 10.8. The van der Waals surface area contributed by atoms with E-state index >= 15 is 0 Å². The number of fused-ring (bicyclic) bond motifs is 1. The molecule has 4 nitrogen and oxygen atoms in total. The molecule has 3 aliphatic carbocycles. The molecule has 0 aromatic heterocycles. The molecule has 0 saturated heterocycles. The van der Waals surface area contributed by atoms with E-state index < -0.39 is 0 Å². The Kier molecular flexibility index (Phi) is 3.22. The molecular weight excluding hydrogens is 214 g/mol. The molecule has 0 radical (unpaired) electrons. The largest absolute Gasteiger partial charge is 0.337 e. The molecule has 17 heavy (non-hydrogen) atoms. The van der Waals surface area contributed by atoms with Crippen molar-refractivity contribution in [1.29, 1.82) is 0 Å². The summed E-state index contributed by atoms with van der Waals surface area (Å²) in [6.45, 7) is 7.14. The Labute approximate surface area is 103 Å². The van der Waals surface area contributed by atoms with Crippen LogP contribution in [-0.4, -0.2) is 18.8 Å². The smallest absolute Gasteiger partial charge is 0.335 e. The molecule has 1 fully saturated rings. The molecule has 0 aromatic rings. The Morgan fingerprint density at radius 2 is 2.41 bits per heavy atom. The van der Waals surface area contributed by atoms with E-state index in [1.54, 1.807) is 6.21 Å². The van der Waals surface area contributed by atoms with Crippen molar-refractivity contribution in [3.05, 3.63) is 11.6 Å². The summed E-state index contributed by atoms with van der Waals surface area (Å²) in [5, 5.41) is 6.64. The van der Waals surface area contributed by atoms with E-state index in [2.05, 4.69) is 35.8 Å². The fourth-order valence-corrected chi connectivity index (χ4v) is 2.91. The summed E-state index contributed by atoms with van der Waals surface area (Å²) in [6.07, 6.45) is 6.47. The van der Waals surface area contributed by atoms with E-state index in [1.807, 2.05) is 6.92 Å². The zero-order valence-corrected chi connectivity index (χ0v) is 10.8. The molecule has 0 spiro atoms. The second-order valence-electron chi connectivity index (χ2n) is 5.48. The number of carbonyl (C=O) groups excluding carboxylic acids is 1. The van der Waals surface area contributed by atoms with Crippen LogP contribution >= 0.6 is 0 Å². The Balaban J connectivity index is 1.90. The summed E-state index contributed by atoms with van der Waals surface area (Å²) in [5.41, 5.74) is 4.15. The number of nitrogens with zero attached hydrogens (tertiary/aromatic N) is 1. The summed E-state index contributed by atoms with van der Waals surface area (Å²) in [4.78, 5) is 11.1. The number of hydrogen-bond donors (Lipinski definition) is 2. The van der Waals surface area contributed by atoms with Crippen molar-refractivity contribution < 1.29 is 4.79 Å². The van der Waals surface area contributed by atoms with Crippen LogP contribution in [0.15, 0.2) is 16.8 Å². The summed E-state index contributed by atoms with van der Waals surface area (Å²) in [5.74, 6) is 1.45. The SMILES string of the molecule is CCNC(=O)N/N=C/C1=CCC2CC1C2(C)C. The van der Waals surface area contributed by atoms with E-state index in [4.69, 9.17) is 0 Å². The van der Waals surface area contributed by atoms with Crippen LogP contribution < -0.4 is 10.7 Å². The number of amides is 2. The number of allylic oxidation sites excluding steroid dienone is 2. The van der Waals surface area contributed by atoms with E-state index in [9.17, 15) is 4.79 Å². The molecular formula is C13H21N3O. The Morgan fingerprint density at radius 1 is 1.65 bits per heavy atom. The number of carbonyl (C=O) groups is 1. The monoisotopic (exact) mass is 235 g/mol. The van der Waals surface area contributed by atoms with E-state index in [1.165, 1.54) is 12.0 Å². The molecule has 2 bridgehead atoms. The van der Waals surface area contributed by atoms with Gasteiger partial charge in [0.2, 0.25) is 0 Å². The molecule has 94 valence electrons. The minimum absolute atomic E-state index is 0.245. The summed E-state index contributed by atoms with van der Waals surface area (Å²) < 4.78 is 0. The third kappa shape index (κ3) is 2.21. The van der Waals surface area contributed by atoms with Crippen molar-refractivity contribution in [2.75, 3.05) is 6.54 Å². The molecule has 3 aliphatic rings. The quantitative estimate of drug-likeness (QED) is 0.572. The maximum atomic E-state index is 11.1. The number of rotatable bonds is 3. The molecule has 0 aliphatic heterocycles. The topological polar surface area (TPSA) is 53.5 Å². The van der Waals surface area contributed by atoms with Gasteiger partial charge < -0.3 is 5.32 Å². The second-order valence-corrected chi connectivity index (χ2v) is 5.48. The van der Waals surface area contributed by atoms with Gasteiger partial charge >= 0.3 is 6.03 Å². The molecule has 2 amide bonds. The van der Waals surface area contributed by atoms with Crippen LogP contribution in [0.3, 0.4) is 0 Å². The highest BCUT2D eigenvalue weighted by atomic mass is 16.2. The minimum Gasteiger partial charge on any atom is -0.337 e. The van der Waals surface area contributed by atoms with Gasteiger partial charge in [0.05, 0.1) is 6.21 Å². The third-order valence-electron chi connectivity index (χ3n) is 4.23. The minimum atomic E-state index is -0.245. The van der Waals surface area contributed by atoms with Crippen LogP contribution in [0.4, 0.5) is 4.79 Å². The van der Waals surface area contributed by atoms with Crippen LogP contribution in [0.5, 0.6) is 0 Å². The normalized spacial score (nSPS) is 29.5. The zero-order chi connectivity index (χ0) is 12.5. The van der Waals surface area contributed by atoms with E-state index in [0.29, 0.717) is 17.9 Å². The Morgan fingerprint density at radius 3 is 3.00 bits per heavy atom. The molecule has 2 unspecified atom stereocenters. The molecule has 2 N–H and O–H groups in total. The van der Waals surface area contributed by atoms with Crippen LogP contribution in [0.1, 0.15) is 33.6 Å². The highest BCUT2D eigenvalue weighted by Crippen LogP contribution is 2.58. The summed E-state index contributed by atoms with van der Waals surface area (Å²) in [6, 6.07) is -0.245. The molecule has 0 aromatic carbocycles. The maximum Gasteiger partial charge on any atom is 0.335 e. The molecule has 1 saturated carbocycles. The lowest BCUT2D eigenvalue weighted by Crippen LogP contribution is -2.48. The summed E-state index contributed by atoms with van der Waals surface area (Å²) >= 11 is 0. The van der Waals surface area contributed by atoms with Gasteiger partial charge in [0.1, 0.15) is 0 Å². The van der Waals surface area contributed by atoms with Gasteiger partial charge in [0.25, 0.3) is 0 Å². The van der Waals surface area contributed by atoms with Crippen LogP contribution in [-0.2, 0) is 0 Å². The Hall–Kier alpha value is -1.32. The van der Waals surface area contributed by atoms with Crippen LogP contribution in [0, 0.1) is 17.3 Å². The highest BCUT2D eigenvalue weighted by Gasteiger charge is 2.50. The first-order valence-corrected chi connectivity index (χ1v) is 6.32. The molecule has 0 heterocycles. The van der Waals surface area contributed by atoms with Crippen molar-refractivity contribution >= 4 is 12.2 Å².